The van der Waals surface area contributed by atoms with Crippen LogP contribution in [0.1, 0.15) is 17.1 Å². The highest BCUT2D eigenvalue weighted by Crippen LogP contribution is 2.28. The van der Waals surface area contributed by atoms with Crippen molar-refractivity contribution in [2.24, 2.45) is 4.99 Å². The maximum absolute atomic E-state index is 5.94. The van der Waals surface area contributed by atoms with Crippen molar-refractivity contribution in [2.45, 2.75) is 33.4 Å². The van der Waals surface area contributed by atoms with Crippen LogP contribution in [0.5, 0.6) is 5.75 Å². The van der Waals surface area contributed by atoms with Crippen LogP contribution in [0.25, 0.3) is 0 Å². The second-order valence-corrected chi connectivity index (χ2v) is 7.60. The van der Waals surface area contributed by atoms with Crippen molar-refractivity contribution < 1.29 is 4.43 Å². The number of hydrogen-bond donors (Lipinski definition) is 0. The third-order valence-corrected chi connectivity index (χ3v) is 3.55. The van der Waals surface area contributed by atoms with E-state index in [-0.39, 0.29) is 0 Å². The number of benzene rings is 1. The van der Waals surface area contributed by atoms with E-state index in [0.29, 0.717) is 6.42 Å². The summed E-state index contributed by atoms with van der Waals surface area (Å²) in [5, 5.41) is 0. The Kier molecular flexibility index (Phi) is 5.22. The first-order valence-corrected chi connectivity index (χ1v) is 9.91. The predicted octanol–water partition coefficient (Wildman–Crippen LogP) is 3.40. The van der Waals surface area contributed by atoms with Crippen molar-refractivity contribution in [2.75, 3.05) is 0 Å². The summed E-state index contributed by atoms with van der Waals surface area (Å²) in [6.45, 7) is 8.32. The van der Waals surface area contributed by atoms with E-state index in [2.05, 4.69) is 35.0 Å². The van der Waals surface area contributed by atoms with Gasteiger partial charge in [-0.15, -0.1) is 0 Å². The fraction of sp³-hybridized carbons (Fsp3) is 0.312. The van der Waals surface area contributed by atoms with E-state index < -0.39 is 9.04 Å². The lowest BCUT2D eigenvalue weighted by Gasteiger charge is -2.12. The Morgan fingerprint density at radius 2 is 2.05 bits per heavy atom. The van der Waals surface area contributed by atoms with E-state index in [1.165, 1.54) is 5.56 Å². The molecule has 4 nitrogen and oxygen atoms in total. The molecule has 0 atom stereocenters. The lowest BCUT2D eigenvalue weighted by Crippen LogP contribution is -2.11. The molecule has 0 unspecified atom stereocenters. The number of aliphatic imine (C=N–C) groups is 1. The molecule has 0 spiro atoms. The summed E-state index contributed by atoms with van der Waals surface area (Å²) in [6, 6.07) is 7.97. The minimum atomic E-state index is -1.14. The van der Waals surface area contributed by atoms with Crippen molar-refractivity contribution in [3.63, 3.8) is 0 Å². The van der Waals surface area contributed by atoms with Crippen LogP contribution in [-0.4, -0.2) is 25.2 Å². The van der Waals surface area contributed by atoms with Crippen molar-refractivity contribution in [1.29, 1.82) is 0 Å². The molecule has 2 aromatic rings. The molecule has 0 aliphatic heterocycles. The van der Waals surface area contributed by atoms with Gasteiger partial charge in [0.25, 0.3) is 0 Å². The van der Waals surface area contributed by atoms with E-state index >= 15 is 0 Å². The number of rotatable bonds is 5. The standard InChI is InChI=1S/C16H21N3OSi/c1-12-5-6-14(15(11-12)20-21(3)4)17-10-8-16-18-9-7-13(2)19-16/h5-7,9-11,21H,8H2,1-4H3. The third kappa shape index (κ3) is 4.79. The van der Waals surface area contributed by atoms with E-state index in [9.17, 15) is 0 Å². The first kappa shape index (κ1) is 15.4. The van der Waals surface area contributed by atoms with Crippen LogP contribution in [0.2, 0.25) is 13.1 Å². The summed E-state index contributed by atoms with van der Waals surface area (Å²) in [4.78, 5) is 13.1. The van der Waals surface area contributed by atoms with Gasteiger partial charge in [0, 0.05) is 24.5 Å². The minimum absolute atomic E-state index is 0.619. The molecule has 0 saturated heterocycles. The first-order chi connectivity index (χ1) is 10.0. The largest absolute Gasteiger partial charge is 0.546 e. The molecule has 21 heavy (non-hydrogen) atoms. The average Bonchev–Trinajstić information content (AvgIpc) is 2.41. The van der Waals surface area contributed by atoms with Gasteiger partial charge in [0.15, 0.2) is 0 Å². The fourth-order valence-electron chi connectivity index (χ4n) is 1.90. The molecule has 1 aromatic heterocycles. The molecule has 0 fully saturated rings. The molecular weight excluding hydrogens is 278 g/mol. The Bertz CT molecular complexity index is 641. The number of aromatic nitrogens is 2. The smallest absolute Gasteiger partial charge is 0.229 e. The predicted molar refractivity (Wildman–Crippen MR) is 89.3 cm³/mol. The number of nitrogens with zero attached hydrogens (tertiary/aromatic N) is 3. The second-order valence-electron chi connectivity index (χ2n) is 5.27. The van der Waals surface area contributed by atoms with Crippen molar-refractivity contribution in [3.8, 4) is 5.75 Å². The van der Waals surface area contributed by atoms with Gasteiger partial charge in [0.05, 0.1) is 0 Å². The second kappa shape index (κ2) is 7.13. The van der Waals surface area contributed by atoms with Gasteiger partial charge in [-0.05, 0) is 50.7 Å². The molecule has 5 heteroatoms. The maximum Gasteiger partial charge on any atom is 0.229 e. The Morgan fingerprint density at radius 1 is 1.24 bits per heavy atom. The summed E-state index contributed by atoms with van der Waals surface area (Å²) in [7, 11) is -1.14. The van der Waals surface area contributed by atoms with E-state index in [4.69, 9.17) is 4.43 Å². The zero-order valence-corrected chi connectivity index (χ0v) is 14.2. The fourth-order valence-corrected chi connectivity index (χ4v) is 2.60. The quantitative estimate of drug-likeness (QED) is 0.628. The van der Waals surface area contributed by atoms with E-state index in [1.807, 2.05) is 37.4 Å². The molecule has 0 aliphatic rings. The highest BCUT2D eigenvalue weighted by atomic mass is 28.3. The van der Waals surface area contributed by atoms with E-state index in [1.54, 1.807) is 6.20 Å². The van der Waals surface area contributed by atoms with Crippen molar-refractivity contribution in [3.05, 3.63) is 47.5 Å². The van der Waals surface area contributed by atoms with Crippen LogP contribution in [0.3, 0.4) is 0 Å². The Hall–Kier alpha value is -2.01. The number of aryl methyl sites for hydroxylation is 2. The van der Waals surface area contributed by atoms with Gasteiger partial charge in [-0.1, -0.05) is 6.07 Å². The minimum Gasteiger partial charge on any atom is -0.546 e. The van der Waals surface area contributed by atoms with Crippen LogP contribution in [0, 0.1) is 13.8 Å². The zero-order chi connectivity index (χ0) is 15.2. The van der Waals surface area contributed by atoms with Crippen molar-refractivity contribution >= 4 is 20.9 Å². The summed E-state index contributed by atoms with van der Waals surface area (Å²) in [6.07, 6.45) is 4.23. The lowest BCUT2D eigenvalue weighted by molar-refractivity contribution is 0.581. The topological polar surface area (TPSA) is 47.4 Å². The van der Waals surface area contributed by atoms with Crippen LogP contribution in [-0.2, 0) is 6.42 Å². The molecule has 2 rings (SSSR count). The van der Waals surface area contributed by atoms with Gasteiger partial charge in [0.2, 0.25) is 9.04 Å². The van der Waals surface area contributed by atoms with Gasteiger partial charge < -0.3 is 4.43 Å². The summed E-state index contributed by atoms with van der Waals surface area (Å²) in [5.41, 5.74) is 3.02. The van der Waals surface area contributed by atoms with Crippen LogP contribution >= 0.6 is 0 Å². The monoisotopic (exact) mass is 299 g/mol. The summed E-state index contributed by atoms with van der Waals surface area (Å²) >= 11 is 0. The molecule has 1 aromatic carbocycles. The zero-order valence-electron chi connectivity index (χ0n) is 13.0. The van der Waals surface area contributed by atoms with E-state index in [0.717, 1.165) is 23.0 Å². The van der Waals surface area contributed by atoms with Gasteiger partial charge in [0.1, 0.15) is 17.3 Å². The molecule has 0 radical (unpaired) electrons. The first-order valence-electron chi connectivity index (χ1n) is 7.13. The number of hydrogen-bond acceptors (Lipinski definition) is 4. The Morgan fingerprint density at radius 3 is 2.76 bits per heavy atom. The SMILES string of the molecule is Cc1ccc(N=CCc2nccc(C)n2)c(O[SiH](C)C)c1. The Balaban J connectivity index is 2.13. The average molecular weight is 299 g/mol. The van der Waals surface area contributed by atoms with Crippen LogP contribution in [0.4, 0.5) is 5.69 Å². The molecule has 0 aliphatic carbocycles. The third-order valence-electron chi connectivity index (χ3n) is 2.83. The molecule has 0 bridgehead atoms. The lowest BCUT2D eigenvalue weighted by atomic mass is 10.2. The van der Waals surface area contributed by atoms with Crippen LogP contribution in [0.15, 0.2) is 35.5 Å². The summed E-state index contributed by atoms with van der Waals surface area (Å²) in [5.74, 6) is 1.66. The molecule has 0 amide bonds. The highest BCUT2D eigenvalue weighted by molar-refractivity contribution is 6.49. The normalized spacial score (nSPS) is 11.3. The van der Waals surface area contributed by atoms with Crippen LogP contribution < -0.4 is 4.43 Å². The maximum atomic E-state index is 5.94. The van der Waals surface area contributed by atoms with Gasteiger partial charge in [-0.2, -0.15) is 0 Å². The summed E-state index contributed by atoms with van der Waals surface area (Å²) < 4.78 is 5.94. The Labute approximate surface area is 127 Å². The molecule has 0 N–H and O–H groups in total. The van der Waals surface area contributed by atoms with Gasteiger partial charge in [-0.3, -0.25) is 4.99 Å². The molecule has 0 saturated carbocycles. The van der Waals surface area contributed by atoms with Crippen molar-refractivity contribution in [1.82, 2.24) is 9.97 Å². The molecule has 110 valence electrons. The van der Waals surface area contributed by atoms with Gasteiger partial charge >= 0.3 is 0 Å². The molecular formula is C16H21N3OSi. The molecule has 1 heterocycles. The highest BCUT2D eigenvalue weighted by Gasteiger charge is 2.05. The van der Waals surface area contributed by atoms with Gasteiger partial charge in [-0.25, -0.2) is 9.97 Å².